The maximum Gasteiger partial charge on any atom is 0.227 e. The van der Waals surface area contributed by atoms with E-state index in [4.69, 9.17) is 23.7 Å². The van der Waals surface area contributed by atoms with Gasteiger partial charge in [-0.2, -0.15) is 5.10 Å². The maximum atomic E-state index is 14.5. The van der Waals surface area contributed by atoms with E-state index in [1.807, 2.05) is 13.8 Å². The second-order valence-electron chi connectivity index (χ2n) is 7.95. The third kappa shape index (κ3) is 5.34. The molecule has 0 aliphatic carbocycles. The highest BCUT2D eigenvalue weighted by atomic mass is 19.1. The zero-order valence-electron chi connectivity index (χ0n) is 19.2. The van der Waals surface area contributed by atoms with E-state index in [2.05, 4.69) is 20.4 Å². The fourth-order valence-electron chi connectivity index (χ4n) is 3.39. The summed E-state index contributed by atoms with van der Waals surface area (Å²) in [6.07, 6.45) is 6.12. The van der Waals surface area contributed by atoms with Gasteiger partial charge in [-0.1, -0.05) is 0 Å². The number of hydrogen-bond donors (Lipinski definition) is 1. The van der Waals surface area contributed by atoms with E-state index in [1.54, 1.807) is 17.1 Å². The normalized spacial score (nSPS) is 16.9. The van der Waals surface area contributed by atoms with Crippen molar-refractivity contribution < 1.29 is 32.5 Å². The van der Waals surface area contributed by atoms with Crippen LogP contribution < -0.4 is 19.5 Å². The summed E-state index contributed by atoms with van der Waals surface area (Å²) in [5, 5.41) is 7.32. The molecule has 3 heterocycles. The first-order valence-electron chi connectivity index (χ1n) is 10.4. The number of ether oxygens (including phenoxy) is 5. The molecule has 12 heteroatoms. The molecule has 2 aromatic heterocycles. The molecule has 1 fully saturated rings. The topological polar surface area (TPSA) is 102 Å². The van der Waals surface area contributed by atoms with Gasteiger partial charge in [0.15, 0.2) is 34.7 Å². The van der Waals surface area contributed by atoms with E-state index in [0.29, 0.717) is 24.8 Å². The average Bonchev–Trinajstić information content (AvgIpc) is 3.40. The quantitative estimate of drug-likeness (QED) is 0.497. The standard InChI is InChI=1S/C22H25F2N5O5/c1-22(2)33-11-15(34-22)10-29-9-13(6-27-29)28-21-25-7-14(8-26-21)32-12-16-19(23)17(30-3)5-18(31-4)20(16)24/h5-9,15H,10-12H2,1-4H3,(H,25,26,28)/t15-/m1/s1. The maximum absolute atomic E-state index is 14.5. The SMILES string of the molecule is COc1cc(OC)c(F)c(COc2cnc(Nc3cnn(C[C@@H]4COC(C)(C)O4)c3)nc2)c1F. The number of aromatic nitrogens is 4. The molecule has 34 heavy (non-hydrogen) atoms. The first-order valence-corrected chi connectivity index (χ1v) is 10.4. The molecule has 0 saturated carbocycles. The molecule has 182 valence electrons. The number of halogens is 2. The van der Waals surface area contributed by atoms with Crippen LogP contribution in [-0.2, 0) is 22.6 Å². The Hall–Kier alpha value is -3.51. The summed E-state index contributed by atoms with van der Waals surface area (Å²) >= 11 is 0. The van der Waals surface area contributed by atoms with Crippen molar-refractivity contribution in [2.75, 3.05) is 26.1 Å². The van der Waals surface area contributed by atoms with Crippen LogP contribution in [-0.4, -0.2) is 52.5 Å². The molecule has 1 atom stereocenters. The number of rotatable bonds is 9. The Morgan fingerprint density at radius 3 is 2.38 bits per heavy atom. The molecular formula is C22H25F2N5O5. The van der Waals surface area contributed by atoms with Gasteiger partial charge in [0.25, 0.3) is 0 Å². The fraction of sp³-hybridized carbons (Fsp3) is 0.409. The highest BCUT2D eigenvalue weighted by Crippen LogP contribution is 2.32. The Morgan fingerprint density at radius 1 is 1.12 bits per heavy atom. The van der Waals surface area contributed by atoms with Crippen molar-refractivity contribution in [2.24, 2.45) is 0 Å². The average molecular weight is 477 g/mol. The lowest BCUT2D eigenvalue weighted by molar-refractivity contribution is -0.139. The molecule has 10 nitrogen and oxygen atoms in total. The van der Waals surface area contributed by atoms with Crippen molar-refractivity contribution in [1.82, 2.24) is 19.7 Å². The van der Waals surface area contributed by atoms with Gasteiger partial charge in [-0.15, -0.1) is 0 Å². The van der Waals surface area contributed by atoms with Crippen LogP contribution in [0.25, 0.3) is 0 Å². The second kappa shape index (κ2) is 9.77. The molecule has 1 saturated heterocycles. The van der Waals surface area contributed by atoms with E-state index < -0.39 is 24.0 Å². The molecule has 0 spiro atoms. The number of methoxy groups -OCH3 is 2. The molecule has 1 aliphatic rings. The summed E-state index contributed by atoms with van der Waals surface area (Å²) in [5.41, 5.74) is 0.352. The largest absolute Gasteiger partial charge is 0.494 e. The summed E-state index contributed by atoms with van der Waals surface area (Å²) in [5.74, 6) is -2.10. The monoisotopic (exact) mass is 477 g/mol. The number of hydrogen-bond acceptors (Lipinski definition) is 9. The van der Waals surface area contributed by atoms with Crippen molar-refractivity contribution in [3.63, 3.8) is 0 Å². The van der Waals surface area contributed by atoms with E-state index in [1.165, 1.54) is 26.6 Å². The third-order valence-electron chi connectivity index (χ3n) is 5.02. The van der Waals surface area contributed by atoms with Gasteiger partial charge in [0.05, 0.1) is 57.2 Å². The van der Waals surface area contributed by atoms with Crippen LogP contribution >= 0.6 is 0 Å². The van der Waals surface area contributed by atoms with E-state index >= 15 is 0 Å². The highest BCUT2D eigenvalue weighted by Gasteiger charge is 2.32. The lowest BCUT2D eigenvalue weighted by Crippen LogP contribution is -2.24. The van der Waals surface area contributed by atoms with Gasteiger partial charge >= 0.3 is 0 Å². The zero-order chi connectivity index (χ0) is 24.3. The minimum absolute atomic E-state index is 0.0883. The Labute approximate surface area is 194 Å². The van der Waals surface area contributed by atoms with Crippen LogP contribution in [0, 0.1) is 11.6 Å². The predicted molar refractivity (Wildman–Crippen MR) is 116 cm³/mol. The molecule has 1 N–H and O–H groups in total. The number of benzene rings is 1. The molecule has 0 unspecified atom stereocenters. The van der Waals surface area contributed by atoms with Crippen molar-refractivity contribution in [1.29, 1.82) is 0 Å². The minimum atomic E-state index is -0.866. The summed E-state index contributed by atoms with van der Waals surface area (Å²) < 4.78 is 57.3. The van der Waals surface area contributed by atoms with Gasteiger partial charge in [-0.05, 0) is 13.8 Å². The number of nitrogens with zero attached hydrogens (tertiary/aromatic N) is 4. The minimum Gasteiger partial charge on any atom is -0.494 e. The molecule has 3 aromatic rings. The Balaban J connectivity index is 1.35. The smallest absolute Gasteiger partial charge is 0.227 e. The summed E-state index contributed by atoms with van der Waals surface area (Å²) in [4.78, 5) is 8.33. The summed E-state index contributed by atoms with van der Waals surface area (Å²) in [7, 11) is 2.56. The number of anilines is 2. The Kier molecular flexibility index (Phi) is 6.80. The first kappa shape index (κ1) is 23.6. The van der Waals surface area contributed by atoms with E-state index in [9.17, 15) is 8.78 Å². The molecule has 1 aliphatic heterocycles. The third-order valence-corrected chi connectivity index (χ3v) is 5.02. The molecule has 1 aromatic carbocycles. The molecule has 4 rings (SSSR count). The van der Waals surface area contributed by atoms with Gasteiger partial charge < -0.3 is 29.0 Å². The second-order valence-corrected chi connectivity index (χ2v) is 7.95. The van der Waals surface area contributed by atoms with Crippen LogP contribution in [0.3, 0.4) is 0 Å². The van der Waals surface area contributed by atoms with Crippen LogP contribution in [0.2, 0.25) is 0 Å². The van der Waals surface area contributed by atoms with Crippen LogP contribution in [0.4, 0.5) is 20.4 Å². The van der Waals surface area contributed by atoms with Crippen molar-refractivity contribution in [2.45, 2.75) is 38.9 Å². The Morgan fingerprint density at radius 2 is 1.79 bits per heavy atom. The summed E-state index contributed by atoms with van der Waals surface area (Å²) in [6.45, 7) is 4.37. The first-order chi connectivity index (χ1) is 16.3. The van der Waals surface area contributed by atoms with Gasteiger partial charge in [0.1, 0.15) is 12.7 Å². The predicted octanol–water partition coefficient (Wildman–Crippen LogP) is 3.44. The van der Waals surface area contributed by atoms with Crippen molar-refractivity contribution in [3.05, 3.63) is 48.1 Å². The van der Waals surface area contributed by atoms with Gasteiger partial charge in [0.2, 0.25) is 5.95 Å². The van der Waals surface area contributed by atoms with Crippen LogP contribution in [0.15, 0.2) is 30.9 Å². The van der Waals surface area contributed by atoms with E-state index in [0.717, 1.165) is 6.07 Å². The Bertz CT molecular complexity index is 1110. The number of nitrogens with one attached hydrogen (secondary N) is 1. The zero-order valence-corrected chi connectivity index (χ0v) is 19.2. The van der Waals surface area contributed by atoms with Gasteiger partial charge in [0, 0.05) is 12.3 Å². The lowest BCUT2D eigenvalue weighted by Gasteiger charge is -2.16. The van der Waals surface area contributed by atoms with Crippen molar-refractivity contribution in [3.8, 4) is 17.2 Å². The summed E-state index contributed by atoms with van der Waals surface area (Å²) in [6, 6.07) is 1.13. The lowest BCUT2D eigenvalue weighted by atomic mass is 10.1. The van der Waals surface area contributed by atoms with Crippen LogP contribution in [0.5, 0.6) is 17.2 Å². The van der Waals surface area contributed by atoms with Crippen molar-refractivity contribution >= 4 is 11.6 Å². The van der Waals surface area contributed by atoms with Crippen LogP contribution in [0.1, 0.15) is 19.4 Å². The van der Waals surface area contributed by atoms with Gasteiger partial charge in [-0.3, -0.25) is 4.68 Å². The molecule has 0 bridgehead atoms. The fourth-order valence-corrected chi connectivity index (χ4v) is 3.39. The highest BCUT2D eigenvalue weighted by molar-refractivity contribution is 5.50. The molecule has 0 radical (unpaired) electrons. The van der Waals surface area contributed by atoms with Gasteiger partial charge in [-0.25, -0.2) is 18.7 Å². The van der Waals surface area contributed by atoms with E-state index in [-0.39, 0.29) is 28.9 Å². The molecular weight excluding hydrogens is 452 g/mol. The molecule has 0 amide bonds.